The molecule has 1 aliphatic rings. The molecule has 0 N–H and O–H groups in total. The number of benzene rings is 2. The predicted octanol–water partition coefficient (Wildman–Crippen LogP) is 4.47. The van der Waals surface area contributed by atoms with Crippen LogP contribution in [0.3, 0.4) is 0 Å². The molecule has 2 aromatic rings. The summed E-state index contributed by atoms with van der Waals surface area (Å²) in [7, 11) is -3.17. The largest absolute Gasteiger partial charge is 0.493 e. The average molecular weight is 422 g/mol. The summed E-state index contributed by atoms with van der Waals surface area (Å²) in [6, 6.07) is 14.8. The molecule has 1 aliphatic heterocycles. The zero-order valence-electron chi connectivity index (χ0n) is 16.3. The van der Waals surface area contributed by atoms with Gasteiger partial charge in [-0.05, 0) is 67.8 Å². The molecule has 3 rings (SSSR count). The number of rotatable bonds is 7. The van der Waals surface area contributed by atoms with E-state index in [9.17, 15) is 8.42 Å². The summed E-state index contributed by atoms with van der Waals surface area (Å²) in [5, 5.41) is 0.793. The van der Waals surface area contributed by atoms with Gasteiger partial charge in [-0.1, -0.05) is 30.2 Å². The Balaban J connectivity index is 1.51. The van der Waals surface area contributed by atoms with Crippen molar-refractivity contribution in [1.82, 2.24) is 4.90 Å². The second kappa shape index (κ2) is 9.77. The van der Waals surface area contributed by atoms with Gasteiger partial charge in [0.1, 0.15) is 5.75 Å². The van der Waals surface area contributed by atoms with Crippen LogP contribution >= 0.6 is 11.6 Å². The van der Waals surface area contributed by atoms with Crippen molar-refractivity contribution in [3.05, 3.63) is 59.1 Å². The van der Waals surface area contributed by atoms with Crippen molar-refractivity contribution in [3.8, 4) is 5.75 Å². The normalized spacial score (nSPS) is 18.6. The number of hydrogen-bond acceptors (Lipinski definition) is 4. The minimum Gasteiger partial charge on any atom is -0.493 e. The Bertz CT molecular complexity index is 868. The molecule has 1 atom stereocenters. The molecule has 4 nitrogen and oxygen atoms in total. The lowest BCUT2D eigenvalue weighted by atomic mass is 10.0. The highest BCUT2D eigenvalue weighted by atomic mass is 35.5. The molecule has 0 spiro atoms. The van der Waals surface area contributed by atoms with Gasteiger partial charge in [0, 0.05) is 30.3 Å². The average Bonchev–Trinajstić information content (AvgIpc) is 2.90. The van der Waals surface area contributed by atoms with E-state index >= 15 is 0 Å². The SMILES string of the molecule is CS(=O)(=O)c1ccc(OC[C@@H]2CCCCN(CCc3cccc(Cl)c3)C2)cc1. The number of likely N-dealkylation sites (tertiary alicyclic amines) is 1. The molecule has 0 bridgehead atoms. The van der Waals surface area contributed by atoms with Gasteiger partial charge in [-0.25, -0.2) is 8.42 Å². The monoisotopic (exact) mass is 421 g/mol. The fraction of sp³-hybridized carbons (Fsp3) is 0.455. The van der Waals surface area contributed by atoms with E-state index in [2.05, 4.69) is 11.0 Å². The van der Waals surface area contributed by atoms with Gasteiger partial charge in [-0.15, -0.1) is 0 Å². The Morgan fingerprint density at radius 1 is 1.14 bits per heavy atom. The lowest BCUT2D eigenvalue weighted by Gasteiger charge is -2.24. The minimum absolute atomic E-state index is 0.321. The van der Waals surface area contributed by atoms with Crippen LogP contribution in [0.4, 0.5) is 0 Å². The van der Waals surface area contributed by atoms with Crippen LogP contribution in [0, 0.1) is 5.92 Å². The second-order valence-electron chi connectivity index (χ2n) is 7.60. The summed E-state index contributed by atoms with van der Waals surface area (Å²) in [6.07, 6.45) is 5.81. The minimum atomic E-state index is -3.17. The molecule has 1 saturated heterocycles. The first kappa shape index (κ1) is 21.2. The molecular formula is C22H28ClNO3S. The Morgan fingerprint density at radius 2 is 1.93 bits per heavy atom. The van der Waals surface area contributed by atoms with Crippen molar-refractivity contribution in [2.45, 2.75) is 30.6 Å². The van der Waals surface area contributed by atoms with E-state index in [-0.39, 0.29) is 0 Å². The fourth-order valence-electron chi connectivity index (χ4n) is 3.63. The lowest BCUT2D eigenvalue weighted by Crippen LogP contribution is -2.32. The van der Waals surface area contributed by atoms with Crippen LogP contribution in [0.5, 0.6) is 5.75 Å². The van der Waals surface area contributed by atoms with Crippen LogP contribution in [0.1, 0.15) is 24.8 Å². The highest BCUT2D eigenvalue weighted by molar-refractivity contribution is 7.90. The number of halogens is 1. The van der Waals surface area contributed by atoms with Gasteiger partial charge < -0.3 is 9.64 Å². The molecule has 28 heavy (non-hydrogen) atoms. The van der Waals surface area contributed by atoms with Crippen molar-refractivity contribution in [2.24, 2.45) is 5.92 Å². The molecule has 0 amide bonds. The van der Waals surface area contributed by atoms with Crippen molar-refractivity contribution in [2.75, 3.05) is 32.5 Å². The molecule has 152 valence electrons. The first-order valence-corrected chi connectivity index (χ1v) is 12.1. The zero-order chi connectivity index (χ0) is 20.0. The third kappa shape index (κ3) is 6.50. The van der Waals surface area contributed by atoms with E-state index in [1.54, 1.807) is 24.3 Å². The quantitative estimate of drug-likeness (QED) is 0.661. The molecule has 1 fully saturated rings. The molecule has 1 heterocycles. The van der Waals surface area contributed by atoms with Crippen LogP contribution in [-0.2, 0) is 16.3 Å². The highest BCUT2D eigenvalue weighted by Gasteiger charge is 2.19. The van der Waals surface area contributed by atoms with Crippen LogP contribution < -0.4 is 4.74 Å². The van der Waals surface area contributed by atoms with Gasteiger partial charge in [-0.3, -0.25) is 0 Å². The first-order chi connectivity index (χ1) is 13.4. The molecule has 0 aliphatic carbocycles. The summed E-state index contributed by atoms with van der Waals surface area (Å²) >= 11 is 6.09. The van der Waals surface area contributed by atoms with Gasteiger partial charge in [0.15, 0.2) is 9.84 Å². The molecule has 0 saturated carbocycles. The molecule has 0 unspecified atom stereocenters. The smallest absolute Gasteiger partial charge is 0.175 e. The summed E-state index contributed by atoms with van der Waals surface area (Å²) < 4.78 is 29.1. The van der Waals surface area contributed by atoms with E-state index in [1.807, 2.05) is 18.2 Å². The highest BCUT2D eigenvalue weighted by Crippen LogP contribution is 2.21. The van der Waals surface area contributed by atoms with E-state index in [4.69, 9.17) is 16.3 Å². The second-order valence-corrected chi connectivity index (χ2v) is 10.0. The van der Waals surface area contributed by atoms with Gasteiger partial charge in [-0.2, -0.15) is 0 Å². The maximum Gasteiger partial charge on any atom is 0.175 e. The Hall–Kier alpha value is -1.56. The standard InChI is InChI=1S/C22H28ClNO3S/c1-28(25,26)22-10-8-21(9-11-22)27-17-19-5-2-3-13-24(16-19)14-12-18-6-4-7-20(23)15-18/h4,6-11,15,19H,2-3,5,12-14,16-17H2,1H3/t19-/m1/s1. The molecule has 6 heteroatoms. The summed E-state index contributed by atoms with van der Waals surface area (Å²) in [5.41, 5.74) is 1.27. The third-order valence-electron chi connectivity index (χ3n) is 5.20. The number of hydrogen-bond donors (Lipinski definition) is 0. The fourth-order valence-corrected chi connectivity index (χ4v) is 4.48. The van der Waals surface area contributed by atoms with Gasteiger partial charge in [0.05, 0.1) is 11.5 Å². The summed E-state index contributed by atoms with van der Waals surface area (Å²) in [6.45, 7) is 3.84. The van der Waals surface area contributed by atoms with Crippen LogP contribution in [0.25, 0.3) is 0 Å². The van der Waals surface area contributed by atoms with E-state index in [1.165, 1.54) is 24.7 Å². The topological polar surface area (TPSA) is 46.6 Å². The molecule has 0 radical (unpaired) electrons. The Labute approximate surface area is 173 Å². The maximum absolute atomic E-state index is 11.6. The Kier molecular flexibility index (Phi) is 7.38. The molecule has 2 aromatic carbocycles. The predicted molar refractivity (Wildman–Crippen MR) is 114 cm³/mol. The van der Waals surface area contributed by atoms with Crippen molar-refractivity contribution in [1.29, 1.82) is 0 Å². The zero-order valence-corrected chi connectivity index (χ0v) is 17.9. The van der Waals surface area contributed by atoms with Gasteiger partial charge >= 0.3 is 0 Å². The number of sulfone groups is 1. The Morgan fingerprint density at radius 3 is 2.64 bits per heavy atom. The van der Waals surface area contributed by atoms with Crippen molar-refractivity contribution in [3.63, 3.8) is 0 Å². The maximum atomic E-state index is 11.6. The first-order valence-electron chi connectivity index (χ1n) is 9.80. The lowest BCUT2D eigenvalue weighted by molar-refractivity contribution is 0.188. The van der Waals surface area contributed by atoms with Crippen molar-refractivity contribution < 1.29 is 13.2 Å². The number of ether oxygens (including phenoxy) is 1. The summed E-state index contributed by atoms with van der Waals surface area (Å²) in [4.78, 5) is 2.84. The van der Waals surface area contributed by atoms with Crippen LogP contribution in [0.2, 0.25) is 5.02 Å². The molecular weight excluding hydrogens is 394 g/mol. The van der Waals surface area contributed by atoms with Gasteiger partial charge in [0.25, 0.3) is 0 Å². The number of nitrogens with zero attached hydrogens (tertiary/aromatic N) is 1. The third-order valence-corrected chi connectivity index (χ3v) is 6.56. The van der Waals surface area contributed by atoms with Gasteiger partial charge in [0.2, 0.25) is 0 Å². The van der Waals surface area contributed by atoms with Crippen LogP contribution in [-0.4, -0.2) is 45.8 Å². The van der Waals surface area contributed by atoms with E-state index in [0.29, 0.717) is 17.4 Å². The molecule has 0 aromatic heterocycles. The summed E-state index contributed by atoms with van der Waals surface area (Å²) in [5.74, 6) is 1.21. The van der Waals surface area contributed by atoms with E-state index in [0.717, 1.165) is 43.2 Å². The van der Waals surface area contributed by atoms with Crippen molar-refractivity contribution >= 4 is 21.4 Å². The van der Waals surface area contributed by atoms with Crippen LogP contribution in [0.15, 0.2) is 53.4 Å². The van der Waals surface area contributed by atoms with E-state index < -0.39 is 9.84 Å².